The summed E-state index contributed by atoms with van der Waals surface area (Å²) in [5, 5.41) is 3.30. The number of amides is 1. The zero-order valence-electron chi connectivity index (χ0n) is 15.7. The summed E-state index contributed by atoms with van der Waals surface area (Å²) in [4.78, 5) is 34.0. The number of rotatable bonds is 3. The van der Waals surface area contributed by atoms with Crippen LogP contribution in [0.2, 0.25) is 0 Å². The maximum Gasteiger partial charge on any atom is 0.272 e. The summed E-state index contributed by atoms with van der Waals surface area (Å²) < 4.78 is 0. The predicted octanol–water partition coefficient (Wildman–Crippen LogP) is 1.75. The smallest absolute Gasteiger partial charge is 0.272 e. The second-order valence-corrected chi connectivity index (χ2v) is 7.39. The minimum atomic E-state index is -0.136. The first-order chi connectivity index (χ1) is 12.3. The van der Waals surface area contributed by atoms with Gasteiger partial charge >= 0.3 is 0 Å². The Morgan fingerprint density at radius 3 is 2.35 bits per heavy atom. The van der Waals surface area contributed by atoms with Crippen LogP contribution in [0.15, 0.2) is 24.5 Å². The number of nitrogens with zero attached hydrogens (tertiary/aromatic N) is 6. The SMILES string of the molecule is Cc1nc(NC(C)(C)C)cc(C(=O)N2CCN(c3ncccn3)CC2)n1. The fourth-order valence-corrected chi connectivity index (χ4v) is 2.85. The molecule has 0 saturated carbocycles. The van der Waals surface area contributed by atoms with Crippen molar-refractivity contribution in [2.75, 3.05) is 36.4 Å². The molecule has 3 rings (SSSR count). The molecule has 0 unspecified atom stereocenters. The number of hydrogen-bond donors (Lipinski definition) is 1. The molecule has 1 aliphatic rings. The van der Waals surface area contributed by atoms with Gasteiger partial charge in [0.05, 0.1) is 0 Å². The normalized spacial score (nSPS) is 15.1. The van der Waals surface area contributed by atoms with Crippen molar-refractivity contribution >= 4 is 17.7 Å². The van der Waals surface area contributed by atoms with Gasteiger partial charge in [-0.2, -0.15) is 0 Å². The van der Waals surface area contributed by atoms with Crippen molar-refractivity contribution in [3.63, 3.8) is 0 Å². The van der Waals surface area contributed by atoms with Gasteiger partial charge in [0.2, 0.25) is 5.95 Å². The summed E-state index contributed by atoms with van der Waals surface area (Å²) in [5.41, 5.74) is 0.288. The van der Waals surface area contributed by atoms with Crippen LogP contribution in [0.5, 0.6) is 0 Å². The molecule has 0 bridgehead atoms. The molecule has 1 fully saturated rings. The minimum absolute atomic E-state index is 0.0684. The first kappa shape index (κ1) is 18.0. The fourth-order valence-electron chi connectivity index (χ4n) is 2.85. The molecule has 8 nitrogen and oxygen atoms in total. The molecule has 1 N–H and O–H groups in total. The van der Waals surface area contributed by atoms with E-state index >= 15 is 0 Å². The van der Waals surface area contributed by atoms with E-state index in [1.165, 1.54) is 0 Å². The molecule has 0 aromatic carbocycles. The first-order valence-corrected chi connectivity index (χ1v) is 8.77. The Morgan fingerprint density at radius 1 is 1.08 bits per heavy atom. The number of carbonyl (C=O) groups is 1. The van der Waals surface area contributed by atoms with Crippen LogP contribution in [0.3, 0.4) is 0 Å². The van der Waals surface area contributed by atoms with Crippen LogP contribution in [0.4, 0.5) is 11.8 Å². The monoisotopic (exact) mass is 355 g/mol. The molecule has 1 aliphatic heterocycles. The quantitative estimate of drug-likeness (QED) is 0.897. The summed E-state index contributed by atoms with van der Waals surface area (Å²) in [6, 6.07) is 3.52. The third-order valence-corrected chi connectivity index (χ3v) is 3.96. The Bertz CT molecular complexity index is 765. The lowest BCUT2D eigenvalue weighted by atomic mass is 10.1. The molecule has 2 aromatic rings. The number of aromatic nitrogens is 4. The van der Waals surface area contributed by atoms with Crippen molar-refractivity contribution in [2.45, 2.75) is 33.2 Å². The summed E-state index contributed by atoms with van der Waals surface area (Å²) in [7, 11) is 0. The summed E-state index contributed by atoms with van der Waals surface area (Å²) in [6.45, 7) is 10.6. The highest BCUT2D eigenvalue weighted by Gasteiger charge is 2.25. The molecule has 0 spiro atoms. The van der Waals surface area contributed by atoms with Gasteiger partial charge in [-0.15, -0.1) is 0 Å². The number of piperazine rings is 1. The largest absolute Gasteiger partial charge is 0.365 e. The van der Waals surface area contributed by atoms with E-state index in [1.807, 2.05) is 4.90 Å². The number of anilines is 2. The molecule has 0 atom stereocenters. The van der Waals surface area contributed by atoms with Gasteiger partial charge in [-0.05, 0) is 33.8 Å². The second kappa shape index (κ2) is 7.23. The Morgan fingerprint density at radius 2 is 1.73 bits per heavy atom. The zero-order chi connectivity index (χ0) is 18.7. The number of hydrogen-bond acceptors (Lipinski definition) is 7. The molecule has 0 radical (unpaired) electrons. The molecule has 8 heteroatoms. The lowest BCUT2D eigenvalue weighted by Gasteiger charge is -2.34. The van der Waals surface area contributed by atoms with Gasteiger partial charge in [0.1, 0.15) is 17.3 Å². The summed E-state index contributed by atoms with van der Waals surface area (Å²) in [5.74, 6) is 1.89. The van der Waals surface area contributed by atoms with Crippen molar-refractivity contribution in [2.24, 2.45) is 0 Å². The van der Waals surface area contributed by atoms with E-state index in [2.05, 4.69) is 50.9 Å². The number of nitrogens with one attached hydrogen (secondary N) is 1. The second-order valence-electron chi connectivity index (χ2n) is 7.39. The molecule has 26 heavy (non-hydrogen) atoms. The van der Waals surface area contributed by atoms with Gasteiger partial charge in [0, 0.05) is 50.2 Å². The molecular formula is C18H25N7O. The fraction of sp³-hybridized carbons (Fsp3) is 0.500. The highest BCUT2D eigenvalue weighted by atomic mass is 16.2. The van der Waals surface area contributed by atoms with Crippen molar-refractivity contribution in [1.29, 1.82) is 0 Å². The highest BCUT2D eigenvalue weighted by Crippen LogP contribution is 2.16. The van der Waals surface area contributed by atoms with E-state index in [9.17, 15) is 4.79 Å². The van der Waals surface area contributed by atoms with Gasteiger partial charge in [-0.1, -0.05) is 0 Å². The van der Waals surface area contributed by atoms with Crippen LogP contribution in [-0.4, -0.2) is 62.5 Å². The van der Waals surface area contributed by atoms with Crippen molar-refractivity contribution in [3.05, 3.63) is 36.0 Å². The van der Waals surface area contributed by atoms with E-state index in [0.29, 0.717) is 49.5 Å². The number of aryl methyl sites for hydroxylation is 1. The van der Waals surface area contributed by atoms with Crippen LogP contribution >= 0.6 is 0 Å². The molecule has 0 aliphatic carbocycles. The van der Waals surface area contributed by atoms with Crippen LogP contribution < -0.4 is 10.2 Å². The topological polar surface area (TPSA) is 87.1 Å². The molecule has 138 valence electrons. The van der Waals surface area contributed by atoms with Crippen molar-refractivity contribution in [3.8, 4) is 0 Å². The van der Waals surface area contributed by atoms with Crippen LogP contribution in [0, 0.1) is 6.92 Å². The Kier molecular flexibility index (Phi) is 5.01. The lowest BCUT2D eigenvalue weighted by Crippen LogP contribution is -2.49. The van der Waals surface area contributed by atoms with Crippen molar-refractivity contribution < 1.29 is 4.79 Å². The Labute approximate surface area is 153 Å². The summed E-state index contributed by atoms with van der Waals surface area (Å²) >= 11 is 0. The average molecular weight is 355 g/mol. The van der Waals surface area contributed by atoms with Gasteiger partial charge in [0.15, 0.2) is 0 Å². The highest BCUT2D eigenvalue weighted by molar-refractivity contribution is 5.93. The van der Waals surface area contributed by atoms with Gasteiger partial charge in [-0.25, -0.2) is 19.9 Å². The number of carbonyl (C=O) groups excluding carboxylic acids is 1. The molecule has 3 heterocycles. The zero-order valence-corrected chi connectivity index (χ0v) is 15.7. The van der Waals surface area contributed by atoms with Gasteiger partial charge in [-0.3, -0.25) is 4.79 Å². The Balaban J connectivity index is 1.69. The molecule has 1 saturated heterocycles. The minimum Gasteiger partial charge on any atom is -0.365 e. The lowest BCUT2D eigenvalue weighted by molar-refractivity contribution is 0.0740. The molecular weight excluding hydrogens is 330 g/mol. The van der Waals surface area contributed by atoms with Crippen molar-refractivity contribution in [1.82, 2.24) is 24.8 Å². The van der Waals surface area contributed by atoms with Gasteiger partial charge < -0.3 is 15.1 Å². The molecule has 2 aromatic heterocycles. The first-order valence-electron chi connectivity index (χ1n) is 8.77. The average Bonchev–Trinajstić information content (AvgIpc) is 2.60. The van der Waals surface area contributed by atoms with E-state index < -0.39 is 0 Å². The van der Waals surface area contributed by atoms with E-state index in [0.717, 1.165) is 0 Å². The van der Waals surface area contributed by atoms with Gasteiger partial charge in [0.25, 0.3) is 5.91 Å². The maximum atomic E-state index is 12.9. The standard InChI is InChI=1S/C18H25N7O/c1-13-21-14(12-15(22-13)23-18(2,3)4)16(26)24-8-10-25(11-9-24)17-19-6-5-7-20-17/h5-7,12H,8-11H2,1-4H3,(H,21,22,23). The van der Waals surface area contributed by atoms with E-state index in [1.54, 1.807) is 31.5 Å². The predicted molar refractivity (Wildman–Crippen MR) is 100 cm³/mol. The van der Waals surface area contributed by atoms with E-state index in [4.69, 9.17) is 0 Å². The van der Waals surface area contributed by atoms with E-state index in [-0.39, 0.29) is 11.4 Å². The Hall–Kier alpha value is -2.77. The third-order valence-electron chi connectivity index (χ3n) is 3.96. The van der Waals surface area contributed by atoms with Crippen LogP contribution in [0.25, 0.3) is 0 Å². The molecule has 1 amide bonds. The van der Waals surface area contributed by atoms with Crippen LogP contribution in [0.1, 0.15) is 37.1 Å². The maximum absolute atomic E-state index is 12.9. The summed E-state index contributed by atoms with van der Waals surface area (Å²) in [6.07, 6.45) is 3.46. The van der Waals surface area contributed by atoms with Crippen LogP contribution in [-0.2, 0) is 0 Å². The third kappa shape index (κ3) is 4.44.